The van der Waals surface area contributed by atoms with Crippen LogP contribution in [-0.2, 0) is 32.6 Å². The second kappa shape index (κ2) is 10.9. The number of hydrogen-bond donors (Lipinski definition) is 0. The molecule has 0 N–H and O–H groups in total. The van der Waals surface area contributed by atoms with E-state index in [-0.39, 0.29) is 30.0 Å². The number of hydrogen-bond acceptors (Lipinski definition) is 5. The Morgan fingerprint density at radius 2 is 1.86 bits per heavy atom. The summed E-state index contributed by atoms with van der Waals surface area (Å²) in [6.45, 7) is 5.92. The van der Waals surface area contributed by atoms with Crippen molar-refractivity contribution in [2.45, 2.75) is 52.4 Å². The molecule has 4 heterocycles. The lowest BCUT2D eigenvalue weighted by Gasteiger charge is -2.35. The van der Waals surface area contributed by atoms with Crippen molar-refractivity contribution in [3.63, 3.8) is 0 Å². The van der Waals surface area contributed by atoms with Crippen LogP contribution in [0.15, 0.2) is 59.8 Å². The van der Waals surface area contributed by atoms with Gasteiger partial charge in [-0.1, -0.05) is 25.4 Å². The summed E-state index contributed by atoms with van der Waals surface area (Å²) in [5, 5.41) is 12.3. The minimum Gasteiger partial charge on any atom is -0.330 e. The van der Waals surface area contributed by atoms with Crippen LogP contribution in [0.4, 0.5) is 13.2 Å². The molecule has 0 aliphatic carbocycles. The second-order valence-corrected chi connectivity index (χ2v) is 12.0. The third-order valence-electron chi connectivity index (χ3n) is 7.95. The number of aryl methyl sites for hydroxylation is 1. The largest absolute Gasteiger partial charge is 0.417 e. The summed E-state index contributed by atoms with van der Waals surface area (Å²) >= 11 is 5.79. The van der Waals surface area contributed by atoms with Gasteiger partial charge in [-0.3, -0.25) is 14.2 Å². The number of halogens is 4. The molecule has 228 valence electrons. The van der Waals surface area contributed by atoms with Gasteiger partial charge in [-0.25, -0.2) is 4.52 Å². The van der Waals surface area contributed by atoms with E-state index in [0.717, 1.165) is 23.3 Å². The summed E-state index contributed by atoms with van der Waals surface area (Å²) in [4.78, 5) is 29.4. The van der Waals surface area contributed by atoms with Gasteiger partial charge in [-0.2, -0.15) is 18.3 Å². The Hall–Kier alpha value is -4.45. The Balaban J connectivity index is 1.46. The van der Waals surface area contributed by atoms with Crippen molar-refractivity contribution in [2.24, 2.45) is 13.0 Å². The summed E-state index contributed by atoms with van der Waals surface area (Å²) in [7, 11) is 1.85. The first-order chi connectivity index (χ1) is 20.8. The lowest BCUT2D eigenvalue weighted by Crippen LogP contribution is -2.46. The highest BCUT2D eigenvalue weighted by Crippen LogP contribution is 2.36. The Kier molecular flexibility index (Phi) is 7.35. The fourth-order valence-electron chi connectivity index (χ4n) is 5.83. The van der Waals surface area contributed by atoms with Gasteiger partial charge in [0.25, 0.3) is 11.5 Å². The lowest BCUT2D eigenvalue weighted by atomic mass is 9.97. The molecular formula is C31H29ClF3N7O2. The highest BCUT2D eigenvalue weighted by molar-refractivity contribution is 6.31. The third kappa shape index (κ3) is 5.06. The number of alkyl halides is 3. The Morgan fingerprint density at radius 3 is 2.50 bits per heavy atom. The molecule has 1 aliphatic heterocycles. The van der Waals surface area contributed by atoms with Crippen molar-refractivity contribution < 1.29 is 18.0 Å². The SMILES string of the molecule is CC(C)Cc1cnn2c3c(c(=O)n(-c4ccc(-c5nncn5C)cc4)c12)CC(C)N(C(=O)c1ccc(Cl)c(C(F)(F)F)c1)C3. The van der Waals surface area contributed by atoms with Gasteiger partial charge < -0.3 is 9.47 Å². The molecule has 0 saturated carbocycles. The number of aromatic nitrogens is 6. The molecule has 9 nitrogen and oxygen atoms in total. The molecule has 0 saturated heterocycles. The second-order valence-electron chi connectivity index (χ2n) is 11.6. The molecule has 1 amide bonds. The molecule has 0 bridgehead atoms. The van der Waals surface area contributed by atoms with Gasteiger partial charge in [0.15, 0.2) is 5.82 Å². The Morgan fingerprint density at radius 1 is 1.14 bits per heavy atom. The van der Waals surface area contributed by atoms with E-state index in [0.29, 0.717) is 34.8 Å². The maximum atomic E-state index is 14.3. The molecule has 1 unspecified atom stereocenters. The number of fused-ring (bicyclic) bond motifs is 3. The third-order valence-corrected chi connectivity index (χ3v) is 8.28. The van der Waals surface area contributed by atoms with Crippen LogP contribution in [0.3, 0.4) is 0 Å². The maximum Gasteiger partial charge on any atom is 0.417 e. The highest BCUT2D eigenvalue weighted by atomic mass is 35.5. The number of benzene rings is 2. The van der Waals surface area contributed by atoms with Crippen molar-refractivity contribution in [3.8, 4) is 17.1 Å². The van der Waals surface area contributed by atoms with E-state index in [9.17, 15) is 22.8 Å². The van der Waals surface area contributed by atoms with Crippen LogP contribution >= 0.6 is 11.6 Å². The minimum atomic E-state index is -4.71. The maximum absolute atomic E-state index is 14.3. The van der Waals surface area contributed by atoms with Gasteiger partial charge >= 0.3 is 6.18 Å². The van der Waals surface area contributed by atoms with Crippen molar-refractivity contribution in [1.29, 1.82) is 0 Å². The van der Waals surface area contributed by atoms with E-state index in [1.807, 2.05) is 31.3 Å². The molecule has 5 aromatic rings. The number of amides is 1. The normalized spacial score (nSPS) is 15.3. The molecular weight excluding hydrogens is 595 g/mol. The first-order valence-electron chi connectivity index (χ1n) is 14.1. The minimum absolute atomic E-state index is 0.000212. The van der Waals surface area contributed by atoms with Crippen LogP contribution in [-0.4, -0.2) is 45.8 Å². The van der Waals surface area contributed by atoms with Crippen molar-refractivity contribution >= 4 is 23.2 Å². The molecule has 0 radical (unpaired) electrons. The summed E-state index contributed by atoms with van der Waals surface area (Å²) < 4.78 is 45.8. The van der Waals surface area contributed by atoms with E-state index >= 15 is 0 Å². The molecule has 0 spiro atoms. The van der Waals surface area contributed by atoms with E-state index in [1.165, 1.54) is 11.0 Å². The molecule has 1 atom stereocenters. The van der Waals surface area contributed by atoms with Crippen LogP contribution in [0, 0.1) is 5.92 Å². The van der Waals surface area contributed by atoms with Crippen LogP contribution in [0.1, 0.15) is 53.5 Å². The van der Waals surface area contributed by atoms with Gasteiger partial charge in [0, 0.05) is 35.3 Å². The summed E-state index contributed by atoms with van der Waals surface area (Å²) in [6.07, 6.45) is -0.505. The fourth-order valence-corrected chi connectivity index (χ4v) is 6.05. The van der Waals surface area contributed by atoms with Gasteiger partial charge in [-0.05, 0) is 68.1 Å². The number of carbonyl (C=O) groups is 1. The zero-order valence-electron chi connectivity index (χ0n) is 24.4. The Labute approximate surface area is 255 Å². The van der Waals surface area contributed by atoms with Crippen LogP contribution < -0.4 is 5.56 Å². The van der Waals surface area contributed by atoms with Crippen LogP contribution in [0.5, 0.6) is 0 Å². The molecule has 2 aromatic carbocycles. The predicted octanol–water partition coefficient (Wildman–Crippen LogP) is 5.74. The molecule has 1 aliphatic rings. The molecule has 3 aromatic heterocycles. The summed E-state index contributed by atoms with van der Waals surface area (Å²) in [5.41, 5.74) is 2.52. The molecule has 0 fully saturated rings. The van der Waals surface area contributed by atoms with Gasteiger partial charge in [0.05, 0.1) is 34.7 Å². The smallest absolute Gasteiger partial charge is 0.330 e. The first kappa shape index (κ1) is 29.6. The zero-order valence-corrected chi connectivity index (χ0v) is 25.2. The Bertz CT molecular complexity index is 1960. The first-order valence-corrected chi connectivity index (χ1v) is 14.5. The number of nitrogens with zero attached hydrogens (tertiary/aromatic N) is 7. The van der Waals surface area contributed by atoms with Crippen molar-refractivity contribution in [1.82, 2.24) is 33.8 Å². The summed E-state index contributed by atoms with van der Waals surface area (Å²) in [5.74, 6) is 0.370. The standard InChI is InChI=1S/C31H29ClF3N7O2/c1-17(2)11-21-14-37-42-26-15-40(29(43)20-7-10-25(32)24(13-20)31(33,34)35)18(3)12-23(26)30(44)41(28(21)42)22-8-5-19(6-9-22)27-38-36-16-39(27)4/h5-10,13-14,16-18H,11-12,15H2,1-4H3. The van der Waals surface area contributed by atoms with Crippen LogP contribution in [0.2, 0.25) is 5.02 Å². The van der Waals surface area contributed by atoms with E-state index in [4.69, 9.17) is 11.6 Å². The quantitative estimate of drug-likeness (QED) is 0.249. The molecule has 44 heavy (non-hydrogen) atoms. The van der Waals surface area contributed by atoms with E-state index < -0.39 is 28.7 Å². The number of carbonyl (C=O) groups excluding carboxylic acids is 1. The average Bonchev–Trinajstić information content (AvgIpc) is 3.58. The zero-order chi connectivity index (χ0) is 31.5. The topological polar surface area (TPSA) is 90.3 Å². The van der Waals surface area contributed by atoms with Crippen molar-refractivity contribution in [3.05, 3.63) is 98.3 Å². The van der Waals surface area contributed by atoms with Gasteiger partial charge in [-0.15, -0.1) is 10.2 Å². The van der Waals surface area contributed by atoms with Crippen molar-refractivity contribution in [2.75, 3.05) is 0 Å². The monoisotopic (exact) mass is 623 g/mol. The average molecular weight is 624 g/mol. The lowest BCUT2D eigenvalue weighted by molar-refractivity contribution is -0.137. The fraction of sp³-hybridized carbons (Fsp3) is 0.323. The molecule has 6 rings (SSSR count). The summed E-state index contributed by atoms with van der Waals surface area (Å²) in [6, 6.07) is 10.1. The predicted molar refractivity (Wildman–Crippen MR) is 159 cm³/mol. The number of rotatable bonds is 5. The van der Waals surface area contributed by atoms with Gasteiger partial charge in [0.1, 0.15) is 12.0 Å². The van der Waals surface area contributed by atoms with Crippen LogP contribution in [0.25, 0.3) is 22.7 Å². The van der Waals surface area contributed by atoms with E-state index in [1.54, 1.807) is 33.1 Å². The molecule has 13 heteroatoms. The highest BCUT2D eigenvalue weighted by Gasteiger charge is 2.36. The van der Waals surface area contributed by atoms with Gasteiger partial charge in [0.2, 0.25) is 0 Å². The van der Waals surface area contributed by atoms with E-state index in [2.05, 4.69) is 29.1 Å².